The summed E-state index contributed by atoms with van der Waals surface area (Å²) >= 11 is 3.47. The quantitative estimate of drug-likeness (QED) is 0.655. The molecule has 2 saturated heterocycles. The molecule has 0 aromatic heterocycles. The number of likely N-dealkylation sites (tertiary alicyclic amines) is 1. The third kappa shape index (κ3) is 4.75. The molecule has 0 atom stereocenters. The Hall–Kier alpha value is -2.45. The number of nitrogens with zero attached hydrogens (tertiary/aromatic N) is 2. The number of amides is 2. The lowest BCUT2D eigenvalue weighted by Crippen LogP contribution is -2.57. The second-order valence-corrected chi connectivity index (χ2v) is 8.92. The average Bonchev–Trinajstić information content (AvgIpc) is 3.07. The molecule has 0 radical (unpaired) electrons. The number of carbonyl (C=O) groups is 2. The second kappa shape index (κ2) is 9.36. The van der Waals surface area contributed by atoms with Crippen LogP contribution < -0.4 is 15.5 Å². The van der Waals surface area contributed by atoms with Crippen molar-refractivity contribution < 1.29 is 14.0 Å². The minimum absolute atomic E-state index is 0.00664. The fourth-order valence-corrected chi connectivity index (χ4v) is 4.87. The van der Waals surface area contributed by atoms with Gasteiger partial charge in [0.2, 0.25) is 11.8 Å². The summed E-state index contributed by atoms with van der Waals surface area (Å²) in [6.07, 6.45) is 1.67. The maximum absolute atomic E-state index is 13.7. The number of nitrogens with one attached hydrogen (secondary N) is 2. The summed E-state index contributed by atoms with van der Waals surface area (Å²) in [7, 11) is 0. The first kappa shape index (κ1) is 21.8. The molecule has 2 aliphatic heterocycles. The molecule has 0 bridgehead atoms. The Balaban J connectivity index is 1.28. The van der Waals surface area contributed by atoms with Crippen molar-refractivity contribution in [2.45, 2.75) is 24.8 Å². The Morgan fingerprint density at radius 2 is 1.94 bits per heavy atom. The van der Waals surface area contributed by atoms with Gasteiger partial charge in [-0.1, -0.05) is 40.2 Å². The molecule has 1 spiro atoms. The predicted octanol–water partition coefficient (Wildman–Crippen LogP) is 2.68. The van der Waals surface area contributed by atoms with Gasteiger partial charge >= 0.3 is 0 Å². The number of anilines is 1. The number of carbonyl (C=O) groups excluding carboxylic acids is 2. The SMILES string of the molecule is O=C(Cc1ccccc1Br)NCCN1CCC2(CC1)C(=O)NCN2c1cccc(F)c1. The largest absolute Gasteiger partial charge is 0.355 e. The lowest BCUT2D eigenvalue weighted by atomic mass is 9.85. The molecule has 0 aliphatic carbocycles. The highest BCUT2D eigenvalue weighted by Gasteiger charge is 2.50. The van der Waals surface area contributed by atoms with E-state index in [2.05, 4.69) is 31.5 Å². The van der Waals surface area contributed by atoms with Gasteiger partial charge in [-0.05, 0) is 42.7 Å². The summed E-state index contributed by atoms with van der Waals surface area (Å²) in [4.78, 5) is 29.2. The summed E-state index contributed by atoms with van der Waals surface area (Å²) in [5.74, 6) is -0.298. The molecule has 164 valence electrons. The van der Waals surface area contributed by atoms with Gasteiger partial charge in [0.25, 0.3) is 0 Å². The third-order valence-corrected chi connectivity index (χ3v) is 6.97. The molecule has 2 aromatic rings. The van der Waals surface area contributed by atoms with E-state index in [9.17, 15) is 14.0 Å². The van der Waals surface area contributed by atoms with E-state index in [1.807, 2.05) is 35.2 Å². The van der Waals surface area contributed by atoms with E-state index in [4.69, 9.17) is 0 Å². The van der Waals surface area contributed by atoms with Crippen LogP contribution in [0.3, 0.4) is 0 Å². The molecule has 2 fully saturated rings. The standard InChI is InChI=1S/C23H26BrFN4O2/c24-20-7-2-1-4-17(20)14-21(30)26-10-13-28-11-8-23(9-12-28)22(31)27-16-29(23)19-6-3-5-18(25)15-19/h1-7,15H,8-14,16H2,(H,26,30)(H,27,31). The van der Waals surface area contributed by atoms with Crippen LogP contribution in [-0.4, -0.2) is 55.1 Å². The Labute approximate surface area is 189 Å². The van der Waals surface area contributed by atoms with Crippen molar-refractivity contribution in [1.29, 1.82) is 0 Å². The molecule has 2 amide bonds. The van der Waals surface area contributed by atoms with Crippen LogP contribution in [0.15, 0.2) is 53.0 Å². The first-order chi connectivity index (χ1) is 15.0. The minimum Gasteiger partial charge on any atom is -0.355 e. The van der Waals surface area contributed by atoms with Gasteiger partial charge in [0.1, 0.15) is 11.4 Å². The van der Waals surface area contributed by atoms with Crippen LogP contribution in [0.1, 0.15) is 18.4 Å². The van der Waals surface area contributed by atoms with Gasteiger partial charge in [-0.3, -0.25) is 9.59 Å². The van der Waals surface area contributed by atoms with Gasteiger partial charge in [0, 0.05) is 36.3 Å². The van der Waals surface area contributed by atoms with Crippen LogP contribution in [0.4, 0.5) is 10.1 Å². The summed E-state index contributed by atoms with van der Waals surface area (Å²) in [5, 5.41) is 5.92. The lowest BCUT2D eigenvalue weighted by Gasteiger charge is -2.43. The van der Waals surface area contributed by atoms with Crippen LogP contribution in [0, 0.1) is 5.82 Å². The summed E-state index contributed by atoms with van der Waals surface area (Å²) in [6, 6.07) is 14.1. The highest BCUT2D eigenvalue weighted by molar-refractivity contribution is 9.10. The first-order valence-electron chi connectivity index (χ1n) is 10.5. The van der Waals surface area contributed by atoms with Crippen molar-refractivity contribution >= 4 is 33.4 Å². The van der Waals surface area contributed by atoms with Gasteiger partial charge in [0.15, 0.2) is 0 Å². The molecule has 31 heavy (non-hydrogen) atoms. The number of hydrogen-bond donors (Lipinski definition) is 2. The maximum atomic E-state index is 13.7. The van der Waals surface area contributed by atoms with Crippen molar-refractivity contribution in [1.82, 2.24) is 15.5 Å². The monoisotopic (exact) mass is 488 g/mol. The van der Waals surface area contributed by atoms with Crippen LogP contribution >= 0.6 is 15.9 Å². The smallest absolute Gasteiger partial charge is 0.247 e. The van der Waals surface area contributed by atoms with Gasteiger partial charge in [-0.15, -0.1) is 0 Å². The molecule has 2 aromatic carbocycles. The van der Waals surface area contributed by atoms with E-state index < -0.39 is 5.54 Å². The zero-order valence-electron chi connectivity index (χ0n) is 17.2. The van der Waals surface area contributed by atoms with Crippen molar-refractivity contribution in [3.05, 3.63) is 64.4 Å². The Kier molecular flexibility index (Phi) is 6.57. The second-order valence-electron chi connectivity index (χ2n) is 8.06. The molecular formula is C23H26BrFN4O2. The van der Waals surface area contributed by atoms with E-state index in [-0.39, 0.29) is 17.6 Å². The lowest BCUT2D eigenvalue weighted by molar-refractivity contribution is -0.125. The van der Waals surface area contributed by atoms with E-state index in [0.29, 0.717) is 32.5 Å². The Morgan fingerprint density at radius 1 is 1.16 bits per heavy atom. The Morgan fingerprint density at radius 3 is 2.68 bits per heavy atom. The fraction of sp³-hybridized carbons (Fsp3) is 0.391. The van der Waals surface area contributed by atoms with Crippen LogP contribution in [0.5, 0.6) is 0 Å². The molecule has 4 rings (SSSR count). The highest BCUT2D eigenvalue weighted by atomic mass is 79.9. The topological polar surface area (TPSA) is 64.7 Å². The number of benzene rings is 2. The molecule has 2 aliphatic rings. The number of rotatable bonds is 6. The molecule has 2 N–H and O–H groups in total. The number of hydrogen-bond acceptors (Lipinski definition) is 4. The molecule has 0 unspecified atom stereocenters. The highest BCUT2D eigenvalue weighted by Crippen LogP contribution is 2.36. The zero-order chi connectivity index (χ0) is 21.8. The third-order valence-electron chi connectivity index (χ3n) is 6.20. The van der Waals surface area contributed by atoms with Crippen LogP contribution in [-0.2, 0) is 16.0 Å². The zero-order valence-corrected chi connectivity index (χ0v) is 18.8. The van der Waals surface area contributed by atoms with E-state index in [1.165, 1.54) is 12.1 Å². The average molecular weight is 489 g/mol. The molecule has 2 heterocycles. The van der Waals surface area contributed by atoms with Crippen LogP contribution in [0.2, 0.25) is 0 Å². The summed E-state index contributed by atoms with van der Waals surface area (Å²) < 4.78 is 14.7. The minimum atomic E-state index is -0.632. The molecule has 0 saturated carbocycles. The number of halogens is 2. The molecular weight excluding hydrogens is 463 g/mol. The van der Waals surface area contributed by atoms with Gasteiger partial charge < -0.3 is 20.4 Å². The van der Waals surface area contributed by atoms with Crippen molar-refractivity contribution in [3.63, 3.8) is 0 Å². The maximum Gasteiger partial charge on any atom is 0.247 e. The first-order valence-corrected chi connectivity index (χ1v) is 11.3. The summed E-state index contributed by atoms with van der Waals surface area (Å²) in [6.45, 7) is 3.20. The molecule has 6 nitrogen and oxygen atoms in total. The van der Waals surface area contributed by atoms with E-state index in [0.717, 1.165) is 35.4 Å². The van der Waals surface area contributed by atoms with Crippen molar-refractivity contribution in [2.75, 3.05) is 37.7 Å². The van der Waals surface area contributed by atoms with E-state index in [1.54, 1.807) is 6.07 Å². The summed E-state index contributed by atoms with van der Waals surface area (Å²) in [5.41, 5.74) is 1.06. The molecule has 8 heteroatoms. The van der Waals surface area contributed by atoms with Crippen molar-refractivity contribution in [3.8, 4) is 0 Å². The Bertz CT molecular complexity index is 962. The van der Waals surface area contributed by atoms with E-state index >= 15 is 0 Å². The van der Waals surface area contributed by atoms with Crippen molar-refractivity contribution in [2.24, 2.45) is 0 Å². The normalized spacial score (nSPS) is 18.3. The van der Waals surface area contributed by atoms with Gasteiger partial charge in [0.05, 0.1) is 13.1 Å². The predicted molar refractivity (Wildman–Crippen MR) is 121 cm³/mol. The van der Waals surface area contributed by atoms with Gasteiger partial charge in [-0.25, -0.2) is 4.39 Å². The fourth-order valence-electron chi connectivity index (χ4n) is 4.45. The van der Waals surface area contributed by atoms with Crippen LogP contribution in [0.25, 0.3) is 0 Å². The number of piperidine rings is 1. The van der Waals surface area contributed by atoms with Gasteiger partial charge in [-0.2, -0.15) is 0 Å².